The lowest BCUT2D eigenvalue weighted by atomic mass is 10.00. The van der Waals surface area contributed by atoms with Crippen molar-refractivity contribution in [1.29, 1.82) is 0 Å². The summed E-state index contributed by atoms with van der Waals surface area (Å²) in [5, 5.41) is 13.0. The summed E-state index contributed by atoms with van der Waals surface area (Å²) in [5.74, 6) is -0.789. The standard InChI is InChI=1S/C35H34N2O5S/c1-24(2)34(39)37(27-15-19-29(43-3)20-16-27)21-22-42-28-17-13-25(14-18-28)23-32(35(40)41)36-31-12-8-7-11-30(31)33(38)26-9-5-4-6-10-26/h4-20,32,36H,1,21-23H2,2-3H3,(H,40,41)/t32-/m0/s1. The molecule has 1 atom stereocenters. The molecule has 0 spiro atoms. The van der Waals surface area contributed by atoms with E-state index in [4.69, 9.17) is 4.74 Å². The summed E-state index contributed by atoms with van der Waals surface area (Å²) in [5.41, 5.74) is 3.38. The Morgan fingerprint density at radius 1 is 0.907 bits per heavy atom. The van der Waals surface area contributed by atoms with E-state index in [9.17, 15) is 19.5 Å². The smallest absolute Gasteiger partial charge is 0.326 e. The fraction of sp³-hybridized carbons (Fsp3) is 0.171. The van der Waals surface area contributed by atoms with Crippen LogP contribution in [0.3, 0.4) is 0 Å². The third-order valence-electron chi connectivity index (χ3n) is 6.78. The summed E-state index contributed by atoms with van der Waals surface area (Å²) in [6.45, 7) is 6.08. The number of carbonyl (C=O) groups is 3. The zero-order chi connectivity index (χ0) is 30.8. The van der Waals surface area contributed by atoms with Crippen molar-refractivity contribution < 1.29 is 24.2 Å². The Bertz CT molecular complexity index is 1570. The number of ether oxygens (including phenoxy) is 1. The molecule has 0 aliphatic rings. The Labute approximate surface area is 256 Å². The summed E-state index contributed by atoms with van der Waals surface area (Å²) >= 11 is 1.63. The van der Waals surface area contributed by atoms with Crippen LogP contribution in [0.15, 0.2) is 120 Å². The van der Waals surface area contributed by atoms with Crippen LogP contribution in [-0.2, 0) is 16.0 Å². The van der Waals surface area contributed by atoms with Gasteiger partial charge in [0.2, 0.25) is 0 Å². The lowest BCUT2D eigenvalue weighted by molar-refractivity contribution is -0.137. The van der Waals surface area contributed by atoms with Gasteiger partial charge in [0.05, 0.1) is 6.54 Å². The number of para-hydroxylation sites is 1. The molecule has 8 heteroatoms. The third kappa shape index (κ3) is 8.36. The average molecular weight is 595 g/mol. The van der Waals surface area contributed by atoms with Gasteiger partial charge < -0.3 is 20.1 Å². The number of carboxylic acids is 1. The van der Waals surface area contributed by atoms with Crippen molar-refractivity contribution in [2.24, 2.45) is 0 Å². The number of hydrogen-bond acceptors (Lipinski definition) is 6. The first kappa shape index (κ1) is 31.1. The second-order valence-corrected chi connectivity index (χ2v) is 10.8. The molecule has 0 aromatic heterocycles. The predicted molar refractivity (Wildman–Crippen MR) is 172 cm³/mol. The molecule has 0 radical (unpaired) electrons. The number of hydrogen-bond donors (Lipinski definition) is 2. The Kier molecular flexibility index (Phi) is 10.8. The molecular formula is C35H34N2O5S. The quantitative estimate of drug-likeness (QED) is 0.0949. The molecule has 0 heterocycles. The molecule has 1 amide bonds. The third-order valence-corrected chi connectivity index (χ3v) is 7.52. The zero-order valence-corrected chi connectivity index (χ0v) is 25.0. The molecule has 0 saturated carbocycles. The number of carboxylic acid groups (broad SMARTS) is 1. The fourth-order valence-electron chi connectivity index (χ4n) is 4.49. The van der Waals surface area contributed by atoms with Crippen molar-refractivity contribution in [3.8, 4) is 5.75 Å². The normalized spacial score (nSPS) is 11.3. The van der Waals surface area contributed by atoms with Gasteiger partial charge in [-0.15, -0.1) is 11.8 Å². The minimum Gasteiger partial charge on any atom is -0.492 e. The molecule has 2 N–H and O–H groups in total. The van der Waals surface area contributed by atoms with E-state index < -0.39 is 12.0 Å². The highest BCUT2D eigenvalue weighted by Crippen LogP contribution is 2.24. The van der Waals surface area contributed by atoms with Gasteiger partial charge in [0.15, 0.2) is 5.78 Å². The van der Waals surface area contributed by atoms with E-state index in [1.165, 1.54) is 0 Å². The SMILES string of the molecule is C=C(C)C(=O)N(CCOc1ccc(C[C@H](Nc2ccccc2C(=O)c2ccccc2)C(=O)O)cc1)c1ccc(SC)cc1. The van der Waals surface area contributed by atoms with E-state index in [2.05, 4.69) is 11.9 Å². The first-order valence-electron chi connectivity index (χ1n) is 13.8. The summed E-state index contributed by atoms with van der Waals surface area (Å²) in [4.78, 5) is 40.8. The highest BCUT2D eigenvalue weighted by atomic mass is 32.2. The topological polar surface area (TPSA) is 95.9 Å². The van der Waals surface area contributed by atoms with E-state index in [1.807, 2.05) is 48.7 Å². The fourth-order valence-corrected chi connectivity index (χ4v) is 4.90. The van der Waals surface area contributed by atoms with E-state index in [0.29, 0.717) is 34.7 Å². The molecule has 0 saturated heterocycles. The van der Waals surface area contributed by atoms with Gasteiger partial charge in [0.25, 0.3) is 5.91 Å². The Morgan fingerprint density at radius 2 is 1.56 bits per heavy atom. The highest BCUT2D eigenvalue weighted by molar-refractivity contribution is 7.98. The van der Waals surface area contributed by atoms with Crippen LogP contribution in [-0.4, -0.2) is 48.2 Å². The number of nitrogens with one attached hydrogen (secondary N) is 1. The minimum absolute atomic E-state index is 0.171. The first-order valence-corrected chi connectivity index (χ1v) is 15.0. The molecule has 4 aromatic carbocycles. The summed E-state index contributed by atoms with van der Waals surface area (Å²) in [6.07, 6.45) is 2.19. The molecule has 43 heavy (non-hydrogen) atoms. The van der Waals surface area contributed by atoms with Crippen LogP contribution in [0, 0.1) is 0 Å². The number of amides is 1. The van der Waals surface area contributed by atoms with E-state index in [1.54, 1.807) is 84.2 Å². The van der Waals surface area contributed by atoms with Gasteiger partial charge in [0, 0.05) is 39.4 Å². The van der Waals surface area contributed by atoms with Gasteiger partial charge in [-0.25, -0.2) is 4.79 Å². The predicted octanol–water partition coefficient (Wildman–Crippen LogP) is 6.74. The van der Waals surface area contributed by atoms with Crippen molar-refractivity contribution in [2.45, 2.75) is 24.3 Å². The van der Waals surface area contributed by atoms with Crippen molar-refractivity contribution >= 4 is 40.8 Å². The number of thioether (sulfide) groups is 1. The first-order chi connectivity index (χ1) is 20.8. The molecule has 0 fully saturated rings. The van der Waals surface area contributed by atoms with Gasteiger partial charge in [-0.05, 0) is 67.3 Å². The maximum Gasteiger partial charge on any atom is 0.326 e. The largest absolute Gasteiger partial charge is 0.492 e. The maximum absolute atomic E-state index is 13.1. The van der Waals surface area contributed by atoms with Crippen LogP contribution in [0.4, 0.5) is 11.4 Å². The van der Waals surface area contributed by atoms with Crippen LogP contribution < -0.4 is 15.0 Å². The summed E-state index contributed by atoms with van der Waals surface area (Å²) in [7, 11) is 0. The molecule has 4 rings (SSSR count). The zero-order valence-electron chi connectivity index (χ0n) is 24.2. The maximum atomic E-state index is 13.1. The van der Waals surface area contributed by atoms with Crippen LogP contribution in [0.2, 0.25) is 0 Å². The van der Waals surface area contributed by atoms with E-state index in [0.717, 1.165) is 16.1 Å². The number of rotatable bonds is 14. The number of anilines is 2. The van der Waals surface area contributed by atoms with Gasteiger partial charge >= 0.3 is 5.97 Å². The van der Waals surface area contributed by atoms with E-state index >= 15 is 0 Å². The van der Waals surface area contributed by atoms with E-state index in [-0.39, 0.29) is 24.7 Å². The van der Waals surface area contributed by atoms with Crippen molar-refractivity contribution in [3.05, 3.63) is 132 Å². The monoisotopic (exact) mass is 594 g/mol. The highest BCUT2D eigenvalue weighted by Gasteiger charge is 2.22. The number of ketones is 1. The van der Waals surface area contributed by atoms with Crippen LogP contribution >= 0.6 is 11.8 Å². The van der Waals surface area contributed by atoms with Crippen LogP contribution in [0.1, 0.15) is 28.4 Å². The van der Waals surface area contributed by atoms with Gasteiger partial charge in [-0.2, -0.15) is 0 Å². The second-order valence-electron chi connectivity index (χ2n) is 9.91. The molecule has 0 bridgehead atoms. The molecule has 0 aliphatic heterocycles. The van der Waals surface area contributed by atoms with Gasteiger partial charge in [-0.1, -0.05) is 61.2 Å². The lowest BCUT2D eigenvalue weighted by Crippen LogP contribution is -2.35. The summed E-state index contributed by atoms with van der Waals surface area (Å²) < 4.78 is 5.92. The molecular weight excluding hydrogens is 560 g/mol. The van der Waals surface area contributed by atoms with Crippen LogP contribution in [0.25, 0.3) is 0 Å². The average Bonchev–Trinajstić information content (AvgIpc) is 3.03. The minimum atomic E-state index is -1.03. The van der Waals surface area contributed by atoms with Gasteiger partial charge in [0.1, 0.15) is 18.4 Å². The molecule has 0 aliphatic carbocycles. The Morgan fingerprint density at radius 3 is 2.19 bits per heavy atom. The van der Waals surface area contributed by atoms with Gasteiger partial charge in [-0.3, -0.25) is 9.59 Å². The van der Waals surface area contributed by atoms with Crippen molar-refractivity contribution in [2.75, 3.05) is 29.6 Å². The lowest BCUT2D eigenvalue weighted by Gasteiger charge is -2.23. The number of aliphatic carboxylic acids is 1. The molecule has 4 aromatic rings. The van der Waals surface area contributed by atoms with Crippen molar-refractivity contribution in [3.63, 3.8) is 0 Å². The number of benzene rings is 4. The number of nitrogens with zero attached hydrogens (tertiary/aromatic N) is 1. The molecule has 0 unspecified atom stereocenters. The molecule has 7 nitrogen and oxygen atoms in total. The second kappa shape index (κ2) is 14.9. The molecule has 220 valence electrons. The number of carbonyl (C=O) groups excluding carboxylic acids is 2. The Hall–Kier alpha value is -4.82. The van der Waals surface area contributed by atoms with Crippen molar-refractivity contribution in [1.82, 2.24) is 0 Å². The van der Waals surface area contributed by atoms with Crippen LogP contribution in [0.5, 0.6) is 5.75 Å². The Balaban J connectivity index is 1.39. The summed E-state index contributed by atoms with van der Waals surface area (Å²) in [6, 6.07) is 29.8.